The molecular weight excluding hydrogens is 667 g/mol. The van der Waals surface area contributed by atoms with E-state index in [4.69, 9.17) is 9.47 Å². The number of fused-ring (bicyclic) bond motifs is 1. The summed E-state index contributed by atoms with van der Waals surface area (Å²) in [6.45, 7) is 7.24. The zero-order valence-electron chi connectivity index (χ0n) is 29.1. The molecule has 1 aromatic heterocycles. The second-order valence-corrected chi connectivity index (χ2v) is 13.6. The van der Waals surface area contributed by atoms with Gasteiger partial charge in [0, 0.05) is 45.6 Å². The fourth-order valence-electron chi connectivity index (χ4n) is 5.95. The number of aromatic hydroxyl groups is 1. The van der Waals surface area contributed by atoms with E-state index in [9.17, 15) is 24.3 Å². The second-order valence-electron chi connectivity index (χ2n) is 12.5. The summed E-state index contributed by atoms with van der Waals surface area (Å²) in [6, 6.07) is 18.0. The first-order valence-electron chi connectivity index (χ1n) is 17.5. The maximum absolute atomic E-state index is 14.1. The summed E-state index contributed by atoms with van der Waals surface area (Å²) in [6.07, 6.45) is 7.93. The lowest BCUT2D eigenvalue weighted by atomic mass is 9.97. The number of nitrogens with zero attached hydrogens (tertiary/aromatic N) is 1. The fourth-order valence-corrected chi connectivity index (χ4v) is 7.18. The van der Waals surface area contributed by atoms with Gasteiger partial charge in [0.1, 0.15) is 23.9 Å². The van der Waals surface area contributed by atoms with Gasteiger partial charge in [-0.25, -0.2) is 4.79 Å². The van der Waals surface area contributed by atoms with E-state index >= 15 is 0 Å². The van der Waals surface area contributed by atoms with E-state index in [1.165, 1.54) is 37.5 Å². The first-order valence-corrected chi connectivity index (χ1v) is 18.3. The summed E-state index contributed by atoms with van der Waals surface area (Å²) < 4.78 is 12.3. The molecule has 268 valence electrons. The Hall–Kier alpha value is -5.00. The van der Waals surface area contributed by atoms with E-state index in [-0.39, 0.29) is 48.4 Å². The van der Waals surface area contributed by atoms with Crippen molar-refractivity contribution in [3.8, 4) is 27.7 Å². The number of hydrogen-bond acceptors (Lipinski definition) is 9. The summed E-state index contributed by atoms with van der Waals surface area (Å²) in [4.78, 5) is 54.3. The number of carbonyl (C=O) groups excluding carboxylic acids is 4. The van der Waals surface area contributed by atoms with Gasteiger partial charge >= 0.3 is 6.09 Å². The lowest BCUT2D eigenvalue weighted by Crippen LogP contribution is -2.43. The van der Waals surface area contributed by atoms with Crippen molar-refractivity contribution in [3.05, 3.63) is 90.0 Å². The Labute approximate surface area is 302 Å². The molecule has 1 atom stereocenters. The number of hydrogen-bond donors (Lipinski definition) is 3. The molecule has 0 aliphatic carbocycles. The van der Waals surface area contributed by atoms with Crippen LogP contribution < -0.4 is 20.1 Å². The van der Waals surface area contributed by atoms with Gasteiger partial charge in [0.15, 0.2) is 11.6 Å². The number of Topliss-reactive ketones (excluding diaryl/α,β-unsaturated/α-hetero) is 1. The molecule has 51 heavy (non-hydrogen) atoms. The lowest BCUT2D eigenvalue weighted by Gasteiger charge is -2.26. The van der Waals surface area contributed by atoms with E-state index in [1.807, 2.05) is 25.1 Å². The molecule has 4 aromatic rings. The van der Waals surface area contributed by atoms with Crippen LogP contribution in [0.15, 0.2) is 78.9 Å². The molecule has 1 aliphatic heterocycles. The average Bonchev–Trinajstić information content (AvgIpc) is 3.50. The van der Waals surface area contributed by atoms with Crippen LogP contribution in [0.4, 0.5) is 4.79 Å². The van der Waals surface area contributed by atoms with Gasteiger partial charge in [-0.1, -0.05) is 25.5 Å². The van der Waals surface area contributed by atoms with Crippen molar-refractivity contribution in [3.63, 3.8) is 0 Å². The highest BCUT2D eigenvalue weighted by Gasteiger charge is 2.23. The number of nitrogens with one attached hydrogen (secondary N) is 2. The predicted octanol–water partition coefficient (Wildman–Crippen LogP) is 7.28. The van der Waals surface area contributed by atoms with Gasteiger partial charge in [-0.15, -0.1) is 11.3 Å². The summed E-state index contributed by atoms with van der Waals surface area (Å²) >= 11 is 1.37. The number of benzene rings is 3. The Bertz CT molecular complexity index is 1840. The predicted molar refractivity (Wildman–Crippen MR) is 200 cm³/mol. The van der Waals surface area contributed by atoms with E-state index in [1.54, 1.807) is 60.7 Å². The number of phenols is 1. The van der Waals surface area contributed by atoms with Crippen LogP contribution >= 0.6 is 11.3 Å². The third kappa shape index (κ3) is 10.5. The number of likely N-dealkylation sites (tertiary alicyclic amines) is 1. The van der Waals surface area contributed by atoms with Crippen molar-refractivity contribution in [2.45, 2.75) is 58.4 Å². The van der Waals surface area contributed by atoms with E-state index < -0.39 is 12.1 Å². The second kappa shape index (κ2) is 18.3. The lowest BCUT2D eigenvalue weighted by molar-refractivity contribution is -0.121. The van der Waals surface area contributed by atoms with Crippen LogP contribution in [0.2, 0.25) is 0 Å². The smallest absolute Gasteiger partial charge is 0.413 e. The zero-order chi connectivity index (χ0) is 36.2. The van der Waals surface area contributed by atoms with Gasteiger partial charge < -0.3 is 25.2 Å². The van der Waals surface area contributed by atoms with E-state index in [0.717, 1.165) is 31.6 Å². The van der Waals surface area contributed by atoms with Crippen LogP contribution in [-0.2, 0) is 9.59 Å². The normalized spacial score (nSPS) is 13.9. The average molecular weight is 712 g/mol. The van der Waals surface area contributed by atoms with Crippen molar-refractivity contribution in [1.29, 1.82) is 0 Å². The molecule has 2 amide bonds. The molecule has 1 fully saturated rings. The molecular formula is C40H45N3O7S. The van der Waals surface area contributed by atoms with E-state index in [2.05, 4.69) is 15.5 Å². The Morgan fingerprint density at radius 3 is 2.37 bits per heavy atom. The van der Waals surface area contributed by atoms with Crippen molar-refractivity contribution in [2.75, 3.05) is 32.8 Å². The molecule has 1 saturated heterocycles. The number of phenolic OH excluding ortho intramolecular Hbond substituents is 1. The summed E-state index contributed by atoms with van der Waals surface area (Å²) in [5.74, 6) is 0.451. The quantitative estimate of drug-likeness (QED) is 0.0816. The third-order valence-electron chi connectivity index (χ3n) is 8.71. The van der Waals surface area contributed by atoms with Crippen molar-refractivity contribution >= 4 is 45.0 Å². The first kappa shape index (κ1) is 37.3. The maximum Gasteiger partial charge on any atom is 0.413 e. The summed E-state index contributed by atoms with van der Waals surface area (Å²) in [5, 5.41) is 16.0. The maximum atomic E-state index is 14.1. The van der Waals surface area contributed by atoms with Crippen LogP contribution in [0.25, 0.3) is 20.5 Å². The Morgan fingerprint density at radius 2 is 1.67 bits per heavy atom. The molecule has 2 heterocycles. The summed E-state index contributed by atoms with van der Waals surface area (Å²) in [7, 11) is 0. The number of ketones is 2. The minimum atomic E-state index is -0.841. The molecule has 0 saturated carbocycles. The number of thiophene rings is 1. The Balaban J connectivity index is 1.29. The van der Waals surface area contributed by atoms with Crippen molar-refractivity contribution < 1.29 is 33.8 Å². The number of carbonyl (C=O) groups is 4. The molecule has 10 nitrogen and oxygen atoms in total. The highest BCUT2D eigenvalue weighted by Crippen LogP contribution is 2.41. The van der Waals surface area contributed by atoms with Crippen molar-refractivity contribution in [2.24, 2.45) is 0 Å². The highest BCUT2D eigenvalue weighted by atomic mass is 32.1. The Kier molecular flexibility index (Phi) is 13.4. The molecule has 3 N–H and O–H groups in total. The number of ether oxygens (including phenoxy) is 2. The van der Waals surface area contributed by atoms with Gasteiger partial charge in [0.2, 0.25) is 5.91 Å². The van der Waals surface area contributed by atoms with Crippen LogP contribution in [0.3, 0.4) is 0 Å². The van der Waals surface area contributed by atoms with Gasteiger partial charge in [-0.05, 0) is 118 Å². The highest BCUT2D eigenvalue weighted by molar-refractivity contribution is 7.22. The largest absolute Gasteiger partial charge is 0.508 e. The number of amides is 2. The SMILES string of the molecule is CC/C=C\CC(=O)NCCC(NC(=O)Oc1ccc2c(C(=O)c3ccc(OCCN4CCCCC4)cc3)c(-c3ccc(O)cc3)sc2c1)C(C)=O. The van der Waals surface area contributed by atoms with Gasteiger partial charge in [0.05, 0.1) is 6.04 Å². The minimum Gasteiger partial charge on any atom is -0.508 e. The molecule has 0 spiro atoms. The number of piperidine rings is 1. The number of allylic oxidation sites excluding steroid dienone is 1. The topological polar surface area (TPSA) is 134 Å². The van der Waals surface area contributed by atoms with Crippen LogP contribution in [-0.4, -0.2) is 72.4 Å². The molecule has 11 heteroatoms. The van der Waals surface area contributed by atoms with E-state index in [0.29, 0.717) is 38.4 Å². The van der Waals surface area contributed by atoms with Gasteiger partial charge in [-0.2, -0.15) is 0 Å². The van der Waals surface area contributed by atoms with Crippen molar-refractivity contribution in [1.82, 2.24) is 15.5 Å². The summed E-state index contributed by atoms with van der Waals surface area (Å²) in [5.41, 5.74) is 1.76. The molecule has 5 rings (SSSR count). The monoisotopic (exact) mass is 711 g/mol. The van der Waals surface area contributed by atoms with Crippen LogP contribution in [0.5, 0.6) is 17.2 Å². The molecule has 0 bridgehead atoms. The molecule has 1 aliphatic rings. The van der Waals surface area contributed by atoms with Gasteiger partial charge in [0.25, 0.3) is 0 Å². The minimum absolute atomic E-state index is 0.112. The van der Waals surface area contributed by atoms with Crippen LogP contribution in [0, 0.1) is 0 Å². The molecule has 3 aromatic carbocycles. The first-order chi connectivity index (χ1) is 24.7. The zero-order valence-corrected chi connectivity index (χ0v) is 29.9. The third-order valence-corrected chi connectivity index (χ3v) is 9.92. The number of rotatable bonds is 16. The molecule has 1 unspecified atom stereocenters. The fraction of sp³-hybridized carbons (Fsp3) is 0.350. The standard InChI is InChI=1S/C40H45N3O7S/c1-3-4-6-9-36(46)41-21-20-34(27(2)44)42-40(48)50-32-18-19-33-35(26-32)51-39(29-10-14-30(45)15-11-29)37(33)38(47)28-12-16-31(17-13-28)49-25-24-43-22-7-5-8-23-43/h4,6,10-19,26,34,45H,3,5,7-9,20-25H2,1-2H3,(H,41,46)(H,42,48)/b6-4-. The van der Waals surface area contributed by atoms with Crippen LogP contribution in [0.1, 0.15) is 68.3 Å². The Morgan fingerprint density at radius 1 is 0.941 bits per heavy atom. The molecule has 0 radical (unpaired) electrons. The van der Waals surface area contributed by atoms with Gasteiger partial charge in [-0.3, -0.25) is 19.3 Å².